The van der Waals surface area contributed by atoms with Gasteiger partial charge in [-0.25, -0.2) is 4.68 Å². The predicted molar refractivity (Wildman–Crippen MR) is 69.3 cm³/mol. The first-order valence-corrected chi connectivity index (χ1v) is 5.65. The summed E-state index contributed by atoms with van der Waals surface area (Å²) in [6.07, 6.45) is 0. The minimum absolute atomic E-state index is 0.00234. The van der Waals surface area contributed by atoms with E-state index in [9.17, 15) is 9.59 Å². The number of aromatic nitrogens is 2. The van der Waals surface area contributed by atoms with Crippen LogP contribution in [0.5, 0.6) is 0 Å². The molecule has 0 saturated heterocycles. The Labute approximate surface area is 108 Å². The molecule has 94 valence electrons. The van der Waals surface area contributed by atoms with Gasteiger partial charge in [-0.3, -0.25) is 14.3 Å². The number of carbonyl (C=O) groups excluding carboxylic acids is 1. The molecule has 0 unspecified atom stereocenters. The second-order valence-corrected chi connectivity index (χ2v) is 4.38. The van der Waals surface area contributed by atoms with E-state index in [1.807, 2.05) is 0 Å². The molecule has 0 bridgehead atoms. The van der Waals surface area contributed by atoms with E-state index in [1.54, 1.807) is 42.9 Å². The summed E-state index contributed by atoms with van der Waals surface area (Å²) in [5.74, 6) is -0.728. The Kier molecular flexibility index (Phi) is 3.00. The molecule has 18 heavy (non-hydrogen) atoms. The van der Waals surface area contributed by atoms with E-state index in [1.165, 1.54) is 4.68 Å². The van der Waals surface area contributed by atoms with Crippen molar-refractivity contribution >= 4 is 17.5 Å². The SMILES string of the molecule is Cc1c(C(N)=O)c(=O)n(-c2cccc(Cl)c2)n1C. The molecule has 0 fully saturated rings. The number of primary amides is 1. The maximum Gasteiger partial charge on any atom is 0.284 e. The van der Waals surface area contributed by atoms with Gasteiger partial charge in [0.05, 0.1) is 11.4 Å². The van der Waals surface area contributed by atoms with Gasteiger partial charge in [-0.1, -0.05) is 17.7 Å². The highest BCUT2D eigenvalue weighted by molar-refractivity contribution is 6.30. The van der Waals surface area contributed by atoms with Crippen molar-refractivity contribution in [3.8, 4) is 5.69 Å². The third-order valence-corrected chi connectivity index (χ3v) is 3.09. The maximum absolute atomic E-state index is 12.2. The molecule has 0 atom stereocenters. The highest BCUT2D eigenvalue weighted by atomic mass is 35.5. The Morgan fingerprint density at radius 2 is 2.06 bits per heavy atom. The van der Waals surface area contributed by atoms with Gasteiger partial charge in [0, 0.05) is 12.1 Å². The molecule has 2 aromatic rings. The van der Waals surface area contributed by atoms with E-state index >= 15 is 0 Å². The Bertz CT molecular complexity index is 685. The lowest BCUT2D eigenvalue weighted by molar-refractivity contribution is 0.0998. The van der Waals surface area contributed by atoms with Gasteiger partial charge in [0.15, 0.2) is 0 Å². The van der Waals surface area contributed by atoms with Gasteiger partial charge in [0.1, 0.15) is 5.56 Å². The van der Waals surface area contributed by atoms with E-state index in [0.717, 1.165) is 0 Å². The molecular weight excluding hydrogens is 254 g/mol. The van der Waals surface area contributed by atoms with Crippen molar-refractivity contribution in [2.24, 2.45) is 12.8 Å². The van der Waals surface area contributed by atoms with Crippen LogP contribution in [0, 0.1) is 6.92 Å². The van der Waals surface area contributed by atoms with Crippen molar-refractivity contribution in [3.63, 3.8) is 0 Å². The highest BCUT2D eigenvalue weighted by Crippen LogP contribution is 2.15. The van der Waals surface area contributed by atoms with Gasteiger partial charge >= 0.3 is 0 Å². The van der Waals surface area contributed by atoms with E-state index < -0.39 is 11.5 Å². The van der Waals surface area contributed by atoms with Crippen LogP contribution >= 0.6 is 11.6 Å². The van der Waals surface area contributed by atoms with Crippen LogP contribution < -0.4 is 11.3 Å². The third kappa shape index (κ3) is 1.82. The number of carbonyl (C=O) groups is 1. The second-order valence-electron chi connectivity index (χ2n) is 3.95. The van der Waals surface area contributed by atoms with Crippen LogP contribution in [0.15, 0.2) is 29.1 Å². The van der Waals surface area contributed by atoms with E-state index in [4.69, 9.17) is 17.3 Å². The quantitative estimate of drug-likeness (QED) is 0.887. The summed E-state index contributed by atoms with van der Waals surface area (Å²) in [6.45, 7) is 1.67. The largest absolute Gasteiger partial charge is 0.365 e. The minimum Gasteiger partial charge on any atom is -0.365 e. The molecule has 2 rings (SSSR count). The summed E-state index contributed by atoms with van der Waals surface area (Å²) in [4.78, 5) is 23.4. The molecule has 0 saturated carbocycles. The lowest BCUT2D eigenvalue weighted by atomic mass is 10.2. The average Bonchev–Trinajstić information content (AvgIpc) is 2.50. The summed E-state index contributed by atoms with van der Waals surface area (Å²) in [5, 5.41) is 0.513. The number of hydrogen-bond acceptors (Lipinski definition) is 2. The standard InChI is InChI=1S/C12H12ClN3O2/c1-7-10(11(14)17)12(18)16(15(7)2)9-5-3-4-8(13)6-9/h3-6H,1-2H3,(H2,14,17). The van der Waals surface area contributed by atoms with Gasteiger partial charge in [-0.15, -0.1) is 0 Å². The zero-order chi connectivity index (χ0) is 13.4. The van der Waals surface area contributed by atoms with Crippen LogP contribution in [-0.4, -0.2) is 15.3 Å². The van der Waals surface area contributed by atoms with E-state index in [0.29, 0.717) is 16.4 Å². The van der Waals surface area contributed by atoms with Crippen LogP contribution in [-0.2, 0) is 7.05 Å². The van der Waals surface area contributed by atoms with Gasteiger partial charge in [-0.05, 0) is 25.1 Å². The number of rotatable bonds is 2. The molecule has 0 aliphatic rings. The molecule has 5 nitrogen and oxygen atoms in total. The third-order valence-electron chi connectivity index (χ3n) is 2.85. The molecule has 0 radical (unpaired) electrons. The van der Waals surface area contributed by atoms with Crippen LogP contribution in [0.3, 0.4) is 0 Å². The Balaban J connectivity index is 2.78. The number of amides is 1. The van der Waals surface area contributed by atoms with Crippen molar-refractivity contribution in [1.82, 2.24) is 9.36 Å². The number of nitrogens with zero attached hydrogens (tertiary/aromatic N) is 2. The van der Waals surface area contributed by atoms with Gasteiger partial charge < -0.3 is 5.73 Å². The maximum atomic E-state index is 12.2. The molecule has 0 spiro atoms. The van der Waals surface area contributed by atoms with Crippen molar-refractivity contribution < 1.29 is 4.79 Å². The Morgan fingerprint density at radius 1 is 1.39 bits per heavy atom. The number of benzene rings is 1. The molecule has 1 aromatic heterocycles. The van der Waals surface area contributed by atoms with Crippen LogP contribution in [0.1, 0.15) is 16.1 Å². The fraction of sp³-hybridized carbons (Fsp3) is 0.167. The van der Waals surface area contributed by atoms with E-state index in [-0.39, 0.29) is 5.56 Å². The fourth-order valence-electron chi connectivity index (χ4n) is 1.89. The van der Waals surface area contributed by atoms with Crippen LogP contribution in [0.2, 0.25) is 5.02 Å². The molecular formula is C12H12ClN3O2. The summed E-state index contributed by atoms with van der Waals surface area (Å²) in [5.41, 5.74) is 5.88. The van der Waals surface area contributed by atoms with Gasteiger partial charge in [-0.2, -0.15) is 0 Å². The Morgan fingerprint density at radius 3 is 2.56 bits per heavy atom. The highest BCUT2D eigenvalue weighted by Gasteiger charge is 2.19. The second kappa shape index (κ2) is 4.34. The number of nitrogens with two attached hydrogens (primary N) is 1. The van der Waals surface area contributed by atoms with Crippen molar-refractivity contribution in [2.45, 2.75) is 6.92 Å². The van der Waals surface area contributed by atoms with Crippen LogP contribution in [0.25, 0.3) is 5.69 Å². The predicted octanol–water partition coefficient (Wildman–Crippen LogP) is 1.24. The zero-order valence-corrected chi connectivity index (χ0v) is 10.7. The number of halogens is 1. The topological polar surface area (TPSA) is 70.0 Å². The first-order chi connectivity index (χ1) is 8.43. The zero-order valence-electron chi connectivity index (χ0n) is 9.98. The smallest absolute Gasteiger partial charge is 0.284 e. The minimum atomic E-state index is -0.728. The average molecular weight is 266 g/mol. The lowest BCUT2D eigenvalue weighted by Crippen LogP contribution is -2.25. The summed E-state index contributed by atoms with van der Waals surface area (Å²) < 4.78 is 2.94. The summed E-state index contributed by atoms with van der Waals surface area (Å²) in [7, 11) is 1.68. The number of hydrogen-bond donors (Lipinski definition) is 1. The molecule has 0 aliphatic carbocycles. The van der Waals surface area contributed by atoms with Gasteiger partial charge in [0.2, 0.25) is 0 Å². The lowest BCUT2D eigenvalue weighted by Gasteiger charge is -2.08. The molecule has 1 amide bonds. The normalized spacial score (nSPS) is 10.6. The first-order valence-electron chi connectivity index (χ1n) is 5.28. The fourth-order valence-corrected chi connectivity index (χ4v) is 2.08. The molecule has 2 N–H and O–H groups in total. The summed E-state index contributed by atoms with van der Waals surface area (Å²) in [6, 6.07) is 6.82. The monoisotopic (exact) mass is 265 g/mol. The summed E-state index contributed by atoms with van der Waals surface area (Å²) >= 11 is 5.89. The molecule has 1 heterocycles. The molecule has 1 aromatic carbocycles. The van der Waals surface area contributed by atoms with Crippen molar-refractivity contribution in [1.29, 1.82) is 0 Å². The van der Waals surface area contributed by atoms with E-state index in [2.05, 4.69) is 0 Å². The van der Waals surface area contributed by atoms with Gasteiger partial charge in [0.25, 0.3) is 11.5 Å². The molecule has 0 aliphatic heterocycles. The first kappa shape index (κ1) is 12.4. The van der Waals surface area contributed by atoms with Crippen molar-refractivity contribution in [2.75, 3.05) is 0 Å². The Hall–Kier alpha value is -2.01. The van der Waals surface area contributed by atoms with Crippen LogP contribution in [0.4, 0.5) is 0 Å². The molecule has 6 heteroatoms. The van der Waals surface area contributed by atoms with Crippen molar-refractivity contribution in [3.05, 3.63) is 50.9 Å².